The first-order valence-electron chi connectivity index (χ1n) is 9.41. The Bertz CT molecular complexity index is 631. The molecule has 150 valence electrons. The number of carbonyl (C=O) groups is 2. The van der Waals surface area contributed by atoms with Crippen molar-refractivity contribution < 1.29 is 9.59 Å². The lowest BCUT2D eigenvalue weighted by Crippen LogP contribution is -2.56. The van der Waals surface area contributed by atoms with E-state index in [0.717, 1.165) is 43.4 Å². The maximum atomic E-state index is 12.8. The van der Waals surface area contributed by atoms with Gasteiger partial charge in [-0.15, -0.1) is 12.4 Å². The third-order valence-corrected chi connectivity index (χ3v) is 6.45. The Kier molecular flexibility index (Phi) is 8.01. The van der Waals surface area contributed by atoms with Crippen molar-refractivity contribution in [1.29, 1.82) is 0 Å². The molecule has 0 aromatic heterocycles. The van der Waals surface area contributed by atoms with Crippen LogP contribution in [0.4, 0.5) is 0 Å². The van der Waals surface area contributed by atoms with E-state index in [1.165, 1.54) is 0 Å². The van der Waals surface area contributed by atoms with E-state index >= 15 is 0 Å². The quantitative estimate of drug-likeness (QED) is 0.781. The molecule has 0 radical (unpaired) electrons. The predicted octanol–water partition coefficient (Wildman–Crippen LogP) is 2.78. The van der Waals surface area contributed by atoms with Crippen LogP contribution in [0.1, 0.15) is 42.5 Å². The summed E-state index contributed by atoms with van der Waals surface area (Å²) in [6.07, 6.45) is 6.52. The molecule has 0 saturated carbocycles. The smallest absolute Gasteiger partial charge is 0.253 e. The van der Waals surface area contributed by atoms with Gasteiger partial charge in [0.15, 0.2) is 0 Å². The van der Waals surface area contributed by atoms with Crippen molar-refractivity contribution in [2.75, 3.05) is 19.1 Å². The number of carbonyl (C=O) groups excluding carboxylic acids is 2. The molecule has 0 aliphatic carbocycles. The Labute approximate surface area is 172 Å². The van der Waals surface area contributed by atoms with Crippen LogP contribution in [0.25, 0.3) is 0 Å². The van der Waals surface area contributed by atoms with Gasteiger partial charge in [0.25, 0.3) is 5.91 Å². The van der Waals surface area contributed by atoms with E-state index in [1.54, 1.807) is 11.8 Å². The van der Waals surface area contributed by atoms with Crippen LogP contribution < -0.4 is 5.73 Å². The highest BCUT2D eigenvalue weighted by Crippen LogP contribution is 2.38. The Hall–Kier alpha value is -1.24. The van der Waals surface area contributed by atoms with Crippen LogP contribution in [0, 0.1) is 0 Å². The highest BCUT2D eigenvalue weighted by molar-refractivity contribution is 7.98. The van der Waals surface area contributed by atoms with Gasteiger partial charge in [-0.2, -0.15) is 11.8 Å². The van der Waals surface area contributed by atoms with Crippen molar-refractivity contribution in [3.8, 4) is 0 Å². The van der Waals surface area contributed by atoms with E-state index in [1.807, 2.05) is 53.4 Å². The second-order valence-corrected chi connectivity index (χ2v) is 8.41. The van der Waals surface area contributed by atoms with Gasteiger partial charge in [0.05, 0.1) is 6.04 Å². The van der Waals surface area contributed by atoms with Crippen LogP contribution in [0.3, 0.4) is 0 Å². The fourth-order valence-corrected chi connectivity index (χ4v) is 4.82. The summed E-state index contributed by atoms with van der Waals surface area (Å²) >= 11 is 1.72. The maximum absolute atomic E-state index is 12.8. The fourth-order valence-electron chi connectivity index (χ4n) is 4.33. The monoisotopic (exact) mass is 411 g/mol. The zero-order valence-electron chi connectivity index (χ0n) is 16.0. The van der Waals surface area contributed by atoms with Crippen LogP contribution in [0.2, 0.25) is 0 Å². The number of nitrogens with two attached hydrogens (primary N) is 1. The molecule has 3 unspecified atom stereocenters. The summed E-state index contributed by atoms with van der Waals surface area (Å²) in [5.74, 6) is 1.07. The van der Waals surface area contributed by atoms with Gasteiger partial charge in [0.1, 0.15) is 0 Å². The summed E-state index contributed by atoms with van der Waals surface area (Å²) < 4.78 is 0. The fraction of sp³-hybridized carbons (Fsp3) is 0.600. The van der Waals surface area contributed by atoms with Crippen molar-refractivity contribution in [2.45, 2.75) is 56.3 Å². The van der Waals surface area contributed by atoms with Crippen molar-refractivity contribution in [1.82, 2.24) is 9.80 Å². The molecule has 27 heavy (non-hydrogen) atoms. The van der Waals surface area contributed by atoms with Gasteiger partial charge < -0.3 is 15.5 Å². The number of piperidine rings is 1. The average molecular weight is 412 g/mol. The lowest BCUT2D eigenvalue weighted by molar-refractivity contribution is -0.137. The first kappa shape index (κ1) is 22.1. The van der Waals surface area contributed by atoms with Gasteiger partial charge in [-0.1, -0.05) is 18.2 Å². The summed E-state index contributed by atoms with van der Waals surface area (Å²) in [6.45, 7) is 0. The molecule has 2 aliphatic heterocycles. The lowest BCUT2D eigenvalue weighted by atomic mass is 9.94. The van der Waals surface area contributed by atoms with Gasteiger partial charge in [0.2, 0.25) is 5.91 Å². The van der Waals surface area contributed by atoms with Gasteiger partial charge in [0, 0.05) is 30.7 Å². The van der Waals surface area contributed by atoms with Crippen LogP contribution in [0.15, 0.2) is 30.3 Å². The second kappa shape index (κ2) is 9.80. The number of thioether (sulfide) groups is 1. The molecule has 2 N–H and O–H groups in total. The first-order chi connectivity index (χ1) is 12.5. The number of halogens is 1. The van der Waals surface area contributed by atoms with E-state index < -0.39 is 6.04 Å². The molecule has 3 atom stereocenters. The predicted molar refractivity (Wildman–Crippen MR) is 113 cm³/mol. The highest BCUT2D eigenvalue weighted by atomic mass is 35.5. The summed E-state index contributed by atoms with van der Waals surface area (Å²) in [6, 6.07) is 9.65. The molecule has 2 amide bonds. The van der Waals surface area contributed by atoms with Crippen LogP contribution in [-0.4, -0.2) is 64.8 Å². The Morgan fingerprint density at radius 1 is 1.22 bits per heavy atom. The molecule has 7 heteroatoms. The van der Waals surface area contributed by atoms with Crippen LogP contribution >= 0.6 is 24.2 Å². The Morgan fingerprint density at radius 3 is 2.37 bits per heavy atom. The molecule has 5 nitrogen and oxygen atoms in total. The van der Waals surface area contributed by atoms with Gasteiger partial charge in [-0.05, 0) is 56.2 Å². The molecular formula is C20H30ClN3O2S. The molecule has 3 rings (SSSR count). The molecule has 2 aliphatic rings. The number of fused-ring (bicyclic) bond motifs is 2. The van der Waals surface area contributed by atoms with Crippen molar-refractivity contribution >= 4 is 36.0 Å². The number of hydrogen-bond acceptors (Lipinski definition) is 4. The normalized spacial score (nSPS) is 24.9. The molecule has 2 heterocycles. The minimum Gasteiger partial charge on any atom is -0.339 e. The zero-order chi connectivity index (χ0) is 18.7. The largest absolute Gasteiger partial charge is 0.339 e. The number of rotatable bonds is 6. The topological polar surface area (TPSA) is 66.6 Å². The number of amides is 2. The second-order valence-electron chi connectivity index (χ2n) is 7.43. The standard InChI is InChI=1S/C20H29N3O2S.ClH/c1-22(19(24)14-6-4-3-5-7-14)17-12-15-8-9-16(13-17)23(15)20(25)18(21)10-11-26-2;/h3-7,15-18H,8-13,21H2,1-2H3;1H. The number of hydrogen-bond donors (Lipinski definition) is 1. The molecule has 2 saturated heterocycles. The zero-order valence-corrected chi connectivity index (χ0v) is 17.7. The minimum absolute atomic E-state index is 0. The minimum atomic E-state index is -0.397. The van der Waals surface area contributed by atoms with E-state index in [-0.39, 0.29) is 42.3 Å². The van der Waals surface area contributed by atoms with Crippen LogP contribution in [0.5, 0.6) is 0 Å². The Balaban J connectivity index is 0.00000261. The van der Waals surface area contributed by atoms with Gasteiger partial charge in [-0.25, -0.2) is 0 Å². The van der Waals surface area contributed by atoms with Crippen LogP contribution in [-0.2, 0) is 4.79 Å². The number of nitrogens with zero attached hydrogens (tertiary/aromatic N) is 2. The van der Waals surface area contributed by atoms with E-state index in [9.17, 15) is 9.59 Å². The van der Waals surface area contributed by atoms with Gasteiger partial charge >= 0.3 is 0 Å². The number of benzene rings is 1. The third kappa shape index (κ3) is 4.79. The Morgan fingerprint density at radius 2 is 1.81 bits per heavy atom. The van der Waals surface area contributed by atoms with E-state index in [0.29, 0.717) is 0 Å². The summed E-state index contributed by atoms with van der Waals surface area (Å²) in [7, 11) is 1.89. The molecule has 2 fully saturated rings. The van der Waals surface area contributed by atoms with Crippen molar-refractivity contribution in [3.63, 3.8) is 0 Å². The molecule has 1 aromatic rings. The SMILES string of the molecule is CSCCC(N)C(=O)N1C2CCC1CC(N(C)C(=O)c1ccccc1)C2.Cl. The van der Waals surface area contributed by atoms with Gasteiger partial charge in [-0.3, -0.25) is 9.59 Å². The first-order valence-corrected chi connectivity index (χ1v) is 10.8. The third-order valence-electron chi connectivity index (χ3n) is 5.80. The molecular weight excluding hydrogens is 382 g/mol. The van der Waals surface area contributed by atoms with E-state index in [2.05, 4.69) is 0 Å². The van der Waals surface area contributed by atoms with Crippen molar-refractivity contribution in [2.24, 2.45) is 5.73 Å². The van der Waals surface area contributed by atoms with Crippen molar-refractivity contribution in [3.05, 3.63) is 35.9 Å². The average Bonchev–Trinajstić information content (AvgIpc) is 2.94. The summed E-state index contributed by atoms with van der Waals surface area (Å²) in [5.41, 5.74) is 6.86. The van der Waals surface area contributed by atoms with E-state index in [4.69, 9.17) is 5.73 Å². The lowest BCUT2D eigenvalue weighted by Gasteiger charge is -2.43. The highest BCUT2D eigenvalue weighted by Gasteiger charge is 2.45. The molecule has 0 spiro atoms. The molecule has 1 aromatic carbocycles. The molecule has 2 bridgehead atoms. The summed E-state index contributed by atoms with van der Waals surface area (Å²) in [5, 5.41) is 0. The summed E-state index contributed by atoms with van der Waals surface area (Å²) in [4.78, 5) is 29.5. The maximum Gasteiger partial charge on any atom is 0.253 e.